The first-order valence-electron chi connectivity index (χ1n) is 15.2. The van der Waals surface area contributed by atoms with E-state index in [9.17, 15) is 39.6 Å². The fourth-order valence-electron chi connectivity index (χ4n) is 8.40. The maximum Gasteiger partial charge on any atom is 0.209 e. The second-order valence-electron chi connectivity index (χ2n) is 13.6. The molecule has 0 heterocycles. The Morgan fingerprint density at radius 2 is 1.64 bits per heavy atom. The average Bonchev–Trinajstić information content (AvgIpc) is 2.91. The van der Waals surface area contributed by atoms with Crippen LogP contribution in [0.2, 0.25) is 0 Å². The lowest BCUT2D eigenvalue weighted by Crippen LogP contribution is -2.67. The minimum absolute atomic E-state index is 0.0234. The van der Waals surface area contributed by atoms with Crippen LogP contribution in [0.4, 0.5) is 0 Å². The highest BCUT2D eigenvalue weighted by Crippen LogP contribution is 2.65. The van der Waals surface area contributed by atoms with Gasteiger partial charge >= 0.3 is 0 Å². The number of hydrogen-bond acceptors (Lipinski definition) is 8. The molecule has 2 aromatic rings. The summed E-state index contributed by atoms with van der Waals surface area (Å²) in [6, 6.07) is 10.6. The van der Waals surface area contributed by atoms with Crippen LogP contribution >= 0.6 is 0 Å². The van der Waals surface area contributed by atoms with Gasteiger partial charge in [0.05, 0.1) is 5.56 Å². The SMILES string of the molecule is CCCC(=O)Cc1ccc(-c2ccc(O)c3c2C[C@]2(C)C[C@]4(C)C(C(C)C)C(O)=C(C(C)=O)C(=O)[C@]4(O)C(O)=C2C3=O)cc1. The summed E-state index contributed by atoms with van der Waals surface area (Å²) in [7, 11) is 0. The molecule has 3 aliphatic rings. The van der Waals surface area contributed by atoms with E-state index in [2.05, 4.69) is 0 Å². The number of allylic oxidation sites excluding steroid dienone is 2. The Morgan fingerprint density at radius 1 is 1.00 bits per heavy atom. The monoisotopic (exact) mass is 600 g/mol. The molecular weight excluding hydrogens is 560 g/mol. The van der Waals surface area contributed by atoms with E-state index in [0.29, 0.717) is 24.0 Å². The van der Waals surface area contributed by atoms with Crippen molar-refractivity contribution in [3.05, 3.63) is 75.8 Å². The number of carbonyl (C=O) groups excluding carboxylic acids is 4. The molecule has 232 valence electrons. The van der Waals surface area contributed by atoms with E-state index in [4.69, 9.17) is 0 Å². The van der Waals surface area contributed by atoms with Crippen LogP contribution in [0.15, 0.2) is 59.1 Å². The molecule has 0 radical (unpaired) electrons. The second-order valence-corrected chi connectivity index (χ2v) is 13.6. The van der Waals surface area contributed by atoms with Crippen LogP contribution in [0, 0.1) is 22.7 Å². The molecule has 0 fully saturated rings. The van der Waals surface area contributed by atoms with Gasteiger partial charge in [0, 0.05) is 35.2 Å². The van der Waals surface area contributed by atoms with E-state index in [0.717, 1.165) is 24.5 Å². The van der Waals surface area contributed by atoms with Gasteiger partial charge in [-0.25, -0.2) is 0 Å². The number of ketones is 4. The molecule has 0 aromatic heterocycles. The largest absolute Gasteiger partial charge is 0.511 e. The average molecular weight is 601 g/mol. The molecule has 8 nitrogen and oxygen atoms in total. The van der Waals surface area contributed by atoms with Crippen molar-refractivity contribution in [1.29, 1.82) is 0 Å². The summed E-state index contributed by atoms with van der Waals surface area (Å²) in [6.07, 6.45) is 1.83. The Hall–Kier alpha value is -4.04. The minimum Gasteiger partial charge on any atom is -0.511 e. The van der Waals surface area contributed by atoms with Crippen molar-refractivity contribution in [2.45, 2.75) is 79.2 Å². The van der Waals surface area contributed by atoms with Crippen LogP contribution in [0.5, 0.6) is 5.75 Å². The Labute approximate surface area is 257 Å². The molecule has 0 spiro atoms. The van der Waals surface area contributed by atoms with E-state index in [1.807, 2.05) is 31.2 Å². The Balaban J connectivity index is 1.69. The summed E-state index contributed by atoms with van der Waals surface area (Å²) < 4.78 is 0. The van der Waals surface area contributed by atoms with Crippen LogP contribution < -0.4 is 0 Å². The predicted molar refractivity (Wildman–Crippen MR) is 164 cm³/mol. The third-order valence-electron chi connectivity index (χ3n) is 10.1. The van der Waals surface area contributed by atoms with Gasteiger partial charge in [0.2, 0.25) is 5.78 Å². The molecule has 0 aliphatic heterocycles. The number of benzene rings is 2. The maximum atomic E-state index is 14.3. The molecule has 1 unspecified atom stereocenters. The molecule has 4 atom stereocenters. The number of aliphatic hydroxyl groups is 3. The van der Waals surface area contributed by atoms with Crippen molar-refractivity contribution < 1.29 is 39.6 Å². The number of phenolic OH excluding ortho intramolecular Hbond substituents is 1. The van der Waals surface area contributed by atoms with Gasteiger partial charge in [0.15, 0.2) is 17.2 Å². The fourth-order valence-corrected chi connectivity index (χ4v) is 8.40. The first kappa shape index (κ1) is 31.4. The van der Waals surface area contributed by atoms with Gasteiger partial charge in [-0.1, -0.05) is 65.0 Å². The number of fused-ring (bicyclic) bond motifs is 3. The van der Waals surface area contributed by atoms with Crippen molar-refractivity contribution in [3.8, 4) is 16.9 Å². The number of aliphatic hydroxyl groups excluding tert-OH is 2. The summed E-state index contributed by atoms with van der Waals surface area (Å²) in [5, 5.41) is 46.2. The third kappa shape index (κ3) is 4.29. The Bertz CT molecular complexity index is 1680. The molecule has 0 saturated heterocycles. The molecule has 0 saturated carbocycles. The van der Waals surface area contributed by atoms with Gasteiger partial charge in [-0.3, -0.25) is 19.2 Å². The van der Waals surface area contributed by atoms with E-state index < -0.39 is 56.8 Å². The molecule has 44 heavy (non-hydrogen) atoms. The van der Waals surface area contributed by atoms with Crippen molar-refractivity contribution in [3.63, 3.8) is 0 Å². The number of carbonyl (C=O) groups is 4. The molecule has 2 aromatic carbocycles. The summed E-state index contributed by atoms with van der Waals surface area (Å²) in [5.74, 6) is -5.21. The van der Waals surface area contributed by atoms with Crippen LogP contribution in [-0.4, -0.2) is 49.2 Å². The molecule has 3 aliphatic carbocycles. The molecule has 0 amide bonds. The maximum absolute atomic E-state index is 14.3. The third-order valence-corrected chi connectivity index (χ3v) is 10.1. The van der Waals surface area contributed by atoms with Crippen molar-refractivity contribution in [2.24, 2.45) is 22.7 Å². The zero-order valence-corrected chi connectivity index (χ0v) is 26.1. The van der Waals surface area contributed by atoms with Crippen LogP contribution in [0.25, 0.3) is 11.1 Å². The van der Waals surface area contributed by atoms with E-state index in [1.54, 1.807) is 33.8 Å². The highest BCUT2D eigenvalue weighted by atomic mass is 16.3. The normalized spacial score (nSPS) is 28.1. The lowest BCUT2D eigenvalue weighted by Gasteiger charge is -2.59. The van der Waals surface area contributed by atoms with Crippen LogP contribution in [0.3, 0.4) is 0 Å². The zero-order chi connectivity index (χ0) is 32.5. The standard InChI is InChI=1S/C36H40O8/c1-7-8-22(38)15-20-9-11-21(12-10-20)23-13-14-25(39)27-24(23)16-34(5)17-35(6)28(18(2)3)30(40)26(19(4)37)32(42)36(35,44)33(43)29(34)31(27)41/h9-14,18,28,39-40,43-44H,7-8,15-17H2,1-6H3/t28?,34-,35-,36+/m1/s1. The van der Waals surface area contributed by atoms with Gasteiger partial charge in [-0.15, -0.1) is 0 Å². The van der Waals surface area contributed by atoms with Gasteiger partial charge in [0.1, 0.15) is 28.6 Å². The summed E-state index contributed by atoms with van der Waals surface area (Å²) in [4.78, 5) is 52.8. The predicted octanol–water partition coefficient (Wildman–Crippen LogP) is 5.93. The molecular formula is C36H40O8. The Morgan fingerprint density at radius 3 is 2.20 bits per heavy atom. The lowest BCUT2D eigenvalue weighted by molar-refractivity contribution is -0.171. The highest BCUT2D eigenvalue weighted by Gasteiger charge is 2.71. The zero-order valence-electron chi connectivity index (χ0n) is 26.1. The lowest BCUT2D eigenvalue weighted by atomic mass is 9.44. The number of phenols is 1. The smallest absolute Gasteiger partial charge is 0.209 e. The quantitative estimate of drug-likeness (QED) is 0.286. The summed E-state index contributed by atoms with van der Waals surface area (Å²) in [5.41, 5.74) is -3.10. The van der Waals surface area contributed by atoms with E-state index in [1.165, 1.54) is 6.07 Å². The van der Waals surface area contributed by atoms with Crippen LogP contribution in [0.1, 0.15) is 82.3 Å². The van der Waals surface area contributed by atoms with Crippen molar-refractivity contribution >= 4 is 23.1 Å². The van der Waals surface area contributed by atoms with Gasteiger partial charge < -0.3 is 20.4 Å². The van der Waals surface area contributed by atoms with Crippen LogP contribution in [-0.2, 0) is 27.2 Å². The molecule has 5 rings (SSSR count). The number of rotatable bonds is 7. The number of aromatic hydroxyl groups is 1. The van der Waals surface area contributed by atoms with Gasteiger partial charge in [0.25, 0.3) is 0 Å². The van der Waals surface area contributed by atoms with Crippen molar-refractivity contribution in [2.75, 3.05) is 0 Å². The summed E-state index contributed by atoms with van der Waals surface area (Å²) in [6.45, 7) is 10.1. The van der Waals surface area contributed by atoms with E-state index in [-0.39, 0.29) is 41.4 Å². The molecule has 8 heteroatoms. The number of hydrogen-bond donors (Lipinski definition) is 4. The minimum atomic E-state index is -2.64. The first-order valence-corrected chi connectivity index (χ1v) is 15.2. The first-order chi connectivity index (χ1) is 20.5. The second kappa shape index (κ2) is 10.5. The van der Waals surface area contributed by atoms with E-state index >= 15 is 0 Å². The van der Waals surface area contributed by atoms with Gasteiger partial charge in [-0.2, -0.15) is 0 Å². The van der Waals surface area contributed by atoms with Gasteiger partial charge in [-0.05, 0) is 60.4 Å². The summed E-state index contributed by atoms with van der Waals surface area (Å²) >= 11 is 0. The molecule has 4 N–H and O–H groups in total. The Kier molecular flexibility index (Phi) is 7.52. The highest BCUT2D eigenvalue weighted by molar-refractivity contribution is 6.25. The number of Topliss-reactive ketones (excluding diaryl/α,β-unsaturated/α-hetero) is 4. The van der Waals surface area contributed by atoms with Crippen molar-refractivity contribution in [1.82, 2.24) is 0 Å². The fraction of sp³-hybridized carbons (Fsp3) is 0.444. The topological polar surface area (TPSA) is 149 Å². The molecule has 0 bridgehead atoms.